The molecule has 0 amide bonds. The molecule has 13 heteroatoms. The zero-order chi connectivity index (χ0) is 27.6. The van der Waals surface area contributed by atoms with Crippen LogP contribution in [0, 0.1) is 0 Å². The standard InChI is InChI=1S/C27H26N8O4S/c1-40(37,38)23-22(17-11-18-8-9-19(12-17)34(18)26-32-27(36)39-33-26)31-25-20(14-30-35(25)24(23)28)16-7-10-21(29-13-16)15-5-3-2-4-6-15/h2-7,10,13-14,17-19H,8-9,11-12,28H2,1H3,(H,32,33,36). The van der Waals surface area contributed by atoms with Crippen molar-refractivity contribution < 1.29 is 12.9 Å². The van der Waals surface area contributed by atoms with Gasteiger partial charge in [0.2, 0.25) is 5.95 Å². The largest absolute Gasteiger partial charge is 0.440 e. The molecule has 4 aromatic heterocycles. The molecule has 0 aliphatic carbocycles. The van der Waals surface area contributed by atoms with Gasteiger partial charge in [-0.25, -0.2) is 18.2 Å². The smallest absolute Gasteiger partial charge is 0.382 e. The Bertz CT molecular complexity index is 1880. The van der Waals surface area contributed by atoms with Crippen molar-refractivity contribution in [2.45, 2.75) is 48.6 Å². The molecule has 204 valence electrons. The number of sulfone groups is 1. The molecule has 2 unspecified atom stereocenters. The van der Waals surface area contributed by atoms with Crippen LogP contribution in [-0.4, -0.2) is 56.5 Å². The van der Waals surface area contributed by atoms with Crippen LogP contribution in [0.1, 0.15) is 37.3 Å². The molecule has 2 aliphatic rings. The third kappa shape index (κ3) is 3.96. The molecule has 1 aromatic carbocycles. The molecule has 5 aromatic rings. The first kappa shape index (κ1) is 24.5. The van der Waals surface area contributed by atoms with E-state index in [1.807, 2.05) is 42.5 Å². The number of H-pyrrole nitrogens is 1. The van der Waals surface area contributed by atoms with Crippen LogP contribution in [0.2, 0.25) is 0 Å². The average Bonchev–Trinajstić information content (AvgIpc) is 3.63. The number of rotatable bonds is 5. The molecule has 2 fully saturated rings. The topological polar surface area (TPSA) is 165 Å². The Hall–Kier alpha value is -4.52. The van der Waals surface area contributed by atoms with Crippen LogP contribution in [0.4, 0.5) is 11.8 Å². The Kier molecular flexibility index (Phi) is 5.52. The number of hydrogen-bond donors (Lipinski definition) is 2. The highest BCUT2D eigenvalue weighted by atomic mass is 32.2. The van der Waals surface area contributed by atoms with Crippen molar-refractivity contribution >= 4 is 27.3 Å². The Labute approximate surface area is 228 Å². The van der Waals surface area contributed by atoms with E-state index in [4.69, 9.17) is 15.2 Å². The fourth-order valence-electron chi connectivity index (χ4n) is 6.29. The number of aromatic nitrogens is 6. The lowest BCUT2D eigenvalue weighted by Gasteiger charge is -2.38. The number of anilines is 2. The average molecular weight is 559 g/mol. The first-order valence-electron chi connectivity index (χ1n) is 13.0. The van der Waals surface area contributed by atoms with Gasteiger partial charge >= 0.3 is 5.76 Å². The van der Waals surface area contributed by atoms with Crippen molar-refractivity contribution in [2.75, 3.05) is 16.9 Å². The molecular weight excluding hydrogens is 532 g/mol. The Morgan fingerprint density at radius 1 is 1.02 bits per heavy atom. The fraction of sp³-hybridized carbons (Fsp3) is 0.296. The summed E-state index contributed by atoms with van der Waals surface area (Å²) >= 11 is 0. The molecule has 2 aliphatic heterocycles. The molecule has 0 radical (unpaired) electrons. The summed E-state index contributed by atoms with van der Waals surface area (Å²) in [5.74, 6) is -0.314. The molecule has 2 bridgehead atoms. The van der Waals surface area contributed by atoms with Gasteiger partial charge in [0.15, 0.2) is 15.5 Å². The van der Waals surface area contributed by atoms with E-state index >= 15 is 0 Å². The number of nitrogens with two attached hydrogens (primary N) is 1. The number of nitrogens with one attached hydrogen (secondary N) is 1. The summed E-state index contributed by atoms with van der Waals surface area (Å²) in [6, 6.07) is 13.9. The molecule has 40 heavy (non-hydrogen) atoms. The van der Waals surface area contributed by atoms with Crippen molar-refractivity contribution in [1.29, 1.82) is 0 Å². The predicted molar refractivity (Wildman–Crippen MR) is 148 cm³/mol. The van der Waals surface area contributed by atoms with Gasteiger partial charge in [-0.15, -0.1) is 0 Å². The predicted octanol–water partition coefficient (Wildman–Crippen LogP) is 3.04. The number of benzene rings is 1. The van der Waals surface area contributed by atoms with Gasteiger partial charge in [0.1, 0.15) is 10.7 Å². The van der Waals surface area contributed by atoms with Crippen LogP contribution in [-0.2, 0) is 9.84 Å². The van der Waals surface area contributed by atoms with Crippen LogP contribution in [0.5, 0.6) is 0 Å². The van der Waals surface area contributed by atoms with E-state index in [0.29, 0.717) is 35.7 Å². The quantitative estimate of drug-likeness (QED) is 0.327. The van der Waals surface area contributed by atoms with E-state index in [-0.39, 0.29) is 28.7 Å². The van der Waals surface area contributed by atoms with E-state index in [2.05, 4.69) is 25.1 Å². The van der Waals surface area contributed by atoms with Gasteiger partial charge in [-0.3, -0.25) is 14.5 Å². The minimum absolute atomic E-state index is 0.0138. The third-order valence-electron chi connectivity index (χ3n) is 7.97. The number of nitrogen functional groups attached to an aromatic ring is 1. The van der Waals surface area contributed by atoms with Gasteiger partial charge in [-0.05, 0) is 36.9 Å². The lowest BCUT2D eigenvalue weighted by atomic mass is 9.88. The summed E-state index contributed by atoms with van der Waals surface area (Å²) in [6.07, 6.45) is 7.59. The van der Waals surface area contributed by atoms with Gasteiger partial charge in [0.05, 0.1) is 17.6 Å². The Morgan fingerprint density at radius 2 is 1.77 bits per heavy atom. The maximum atomic E-state index is 13.0. The molecule has 2 atom stereocenters. The van der Waals surface area contributed by atoms with E-state index in [1.54, 1.807) is 12.4 Å². The second kappa shape index (κ2) is 9.01. The summed E-state index contributed by atoms with van der Waals surface area (Å²) in [4.78, 5) is 25.9. The Morgan fingerprint density at radius 3 is 2.40 bits per heavy atom. The summed E-state index contributed by atoms with van der Waals surface area (Å²) < 4.78 is 32.2. The van der Waals surface area contributed by atoms with Crippen LogP contribution >= 0.6 is 0 Å². The minimum atomic E-state index is -3.72. The lowest BCUT2D eigenvalue weighted by Crippen LogP contribution is -2.43. The van der Waals surface area contributed by atoms with E-state index in [1.165, 1.54) is 4.52 Å². The number of nitrogens with zero attached hydrogens (tertiary/aromatic N) is 6. The summed E-state index contributed by atoms with van der Waals surface area (Å²) in [5.41, 5.74) is 10.8. The van der Waals surface area contributed by atoms with Crippen LogP contribution < -0.4 is 16.4 Å². The normalized spacial score (nSPS) is 20.8. The van der Waals surface area contributed by atoms with Crippen molar-refractivity contribution in [3.8, 4) is 22.4 Å². The van der Waals surface area contributed by atoms with Gasteiger partial charge in [0, 0.05) is 47.1 Å². The molecule has 7 rings (SSSR count). The second-order valence-corrected chi connectivity index (χ2v) is 12.4. The first-order valence-corrected chi connectivity index (χ1v) is 14.9. The number of fused-ring (bicyclic) bond motifs is 3. The fourth-order valence-corrected chi connectivity index (χ4v) is 7.35. The van der Waals surface area contributed by atoms with Gasteiger partial charge < -0.3 is 10.6 Å². The van der Waals surface area contributed by atoms with Crippen molar-refractivity contribution in [2.24, 2.45) is 0 Å². The molecule has 3 N–H and O–H groups in total. The highest BCUT2D eigenvalue weighted by molar-refractivity contribution is 7.91. The molecule has 6 heterocycles. The third-order valence-corrected chi connectivity index (χ3v) is 9.13. The van der Waals surface area contributed by atoms with E-state index in [9.17, 15) is 13.2 Å². The number of hydrogen-bond acceptors (Lipinski definition) is 10. The zero-order valence-corrected chi connectivity index (χ0v) is 22.4. The highest BCUT2D eigenvalue weighted by Gasteiger charge is 2.44. The maximum Gasteiger partial charge on any atom is 0.440 e. The maximum absolute atomic E-state index is 13.0. The zero-order valence-electron chi connectivity index (χ0n) is 21.6. The lowest BCUT2D eigenvalue weighted by molar-refractivity contribution is 0.370. The number of pyridine rings is 1. The minimum Gasteiger partial charge on any atom is -0.382 e. The van der Waals surface area contributed by atoms with Crippen LogP contribution in [0.25, 0.3) is 28.0 Å². The van der Waals surface area contributed by atoms with Crippen molar-refractivity contribution in [1.82, 2.24) is 29.7 Å². The van der Waals surface area contributed by atoms with Gasteiger partial charge in [-0.2, -0.15) is 9.61 Å². The molecule has 12 nitrogen and oxygen atoms in total. The monoisotopic (exact) mass is 558 g/mol. The van der Waals surface area contributed by atoms with E-state index in [0.717, 1.165) is 35.9 Å². The molecule has 0 spiro atoms. The van der Waals surface area contributed by atoms with E-state index < -0.39 is 15.6 Å². The second-order valence-electron chi connectivity index (χ2n) is 10.5. The van der Waals surface area contributed by atoms with Crippen molar-refractivity contribution in [3.05, 3.63) is 71.1 Å². The molecular formula is C27H26N8O4S. The van der Waals surface area contributed by atoms with Crippen molar-refractivity contribution in [3.63, 3.8) is 0 Å². The SMILES string of the molecule is CS(=O)(=O)c1c(C2CC3CCC(C2)N3c2noc(=O)[nH]2)nc2c(-c3ccc(-c4ccccc4)nc3)cnn2c1N. The van der Waals surface area contributed by atoms with Crippen LogP contribution in [0.3, 0.4) is 0 Å². The number of piperidine rings is 1. The van der Waals surface area contributed by atoms with Crippen LogP contribution in [0.15, 0.2) is 69.1 Å². The summed E-state index contributed by atoms with van der Waals surface area (Å²) in [7, 11) is -3.72. The first-order chi connectivity index (χ1) is 19.3. The van der Waals surface area contributed by atoms with Gasteiger partial charge in [0.25, 0.3) is 0 Å². The highest BCUT2D eigenvalue weighted by Crippen LogP contribution is 2.46. The molecule has 0 saturated carbocycles. The summed E-state index contributed by atoms with van der Waals surface area (Å²) in [5, 5.41) is 8.30. The summed E-state index contributed by atoms with van der Waals surface area (Å²) in [6.45, 7) is 0. The Balaban J connectivity index is 1.30. The number of aromatic amines is 1. The molecule has 2 saturated heterocycles. The van der Waals surface area contributed by atoms with Gasteiger partial charge in [-0.1, -0.05) is 36.4 Å².